The van der Waals surface area contributed by atoms with Gasteiger partial charge in [-0.15, -0.1) is 0 Å². The number of aromatic nitrogens is 4. The summed E-state index contributed by atoms with van der Waals surface area (Å²) in [6, 6.07) is 0. The summed E-state index contributed by atoms with van der Waals surface area (Å²) in [6.45, 7) is -1.79. The third kappa shape index (κ3) is 6.70. The highest BCUT2D eigenvalue weighted by Crippen LogP contribution is 2.60. The molecule has 2 saturated heterocycles. The van der Waals surface area contributed by atoms with Gasteiger partial charge < -0.3 is 56.1 Å². The minimum Gasteiger partial charge on any atom is -0.387 e. The van der Waals surface area contributed by atoms with E-state index in [4.69, 9.17) is 30.0 Å². The van der Waals surface area contributed by atoms with Gasteiger partial charge in [-0.25, -0.2) is 24.1 Å². The number of carbonyl (C=O) groups excluding carboxylic acids is 1. The van der Waals surface area contributed by atoms with E-state index >= 15 is 0 Å². The van der Waals surface area contributed by atoms with Gasteiger partial charge in [0.25, 0.3) is 0 Å². The molecule has 0 saturated carbocycles. The number of allylic oxidation sites excluding steroid dienone is 1. The van der Waals surface area contributed by atoms with Crippen LogP contribution in [0.5, 0.6) is 0 Å². The van der Waals surface area contributed by atoms with Gasteiger partial charge in [-0.1, -0.05) is 6.08 Å². The smallest absolute Gasteiger partial charge is 0.387 e. The molecule has 21 nitrogen and oxygen atoms in total. The van der Waals surface area contributed by atoms with Crippen molar-refractivity contribution < 1.29 is 67.0 Å². The van der Waals surface area contributed by atoms with Crippen LogP contribution in [0.3, 0.4) is 0 Å². The molecule has 0 spiro atoms. The standard InChI is InChI=1S/C21H29N7O14P2/c22-17-12-19(25-7-24-17)28(8-26-12)21-16(32)14(30)11(41-21)6-39-44(36,37)42-43(34,35)38-5-10-13(29)15(31)20(40-10)27-3-1-2-9(4-27)18(23)33/h1,3-4,7-8,10-11,13-16,20-21,29-32H,2,5-6H2,(H2,23,33)(H,34,35)(H,36,37)(H2,22,24,25)/t10-,11+,13-,14-,15-,16-,20-,21+/m1/s1. The second-order valence-electron chi connectivity index (χ2n) is 9.84. The first-order valence-electron chi connectivity index (χ1n) is 12.7. The number of phosphoric acid groups is 2. The van der Waals surface area contributed by atoms with E-state index in [9.17, 15) is 44.1 Å². The van der Waals surface area contributed by atoms with Gasteiger partial charge in [-0.05, 0) is 6.42 Å². The molecule has 1 amide bonds. The summed E-state index contributed by atoms with van der Waals surface area (Å²) in [6.07, 6.45) is -4.88. The zero-order valence-corrected chi connectivity index (χ0v) is 24.2. The first kappa shape index (κ1) is 32.5. The zero-order valence-electron chi connectivity index (χ0n) is 22.4. The van der Waals surface area contributed by atoms with Crippen LogP contribution in [0, 0.1) is 0 Å². The van der Waals surface area contributed by atoms with Crippen molar-refractivity contribution in [3.63, 3.8) is 0 Å². The maximum Gasteiger partial charge on any atom is 0.481 e. The van der Waals surface area contributed by atoms with Gasteiger partial charge in [0.1, 0.15) is 48.5 Å². The summed E-state index contributed by atoms with van der Waals surface area (Å²) < 4.78 is 50.8. The summed E-state index contributed by atoms with van der Waals surface area (Å²) in [7, 11) is -10.7. The van der Waals surface area contributed by atoms with Crippen molar-refractivity contribution in [2.45, 2.75) is 55.5 Å². The molecule has 0 aromatic carbocycles. The van der Waals surface area contributed by atoms with Crippen LogP contribution >= 0.6 is 15.6 Å². The first-order chi connectivity index (χ1) is 20.7. The number of phosphoric ester groups is 2. The Kier molecular flexibility index (Phi) is 9.23. The minimum atomic E-state index is -5.37. The number of hydrogen-bond donors (Lipinski definition) is 8. The van der Waals surface area contributed by atoms with Crippen LogP contribution in [0.15, 0.2) is 36.7 Å². The van der Waals surface area contributed by atoms with Gasteiger partial charge in [0, 0.05) is 18.0 Å². The molecule has 3 aliphatic heterocycles. The second-order valence-corrected chi connectivity index (χ2v) is 12.9. The second kappa shape index (κ2) is 12.5. The molecule has 2 aromatic heterocycles. The zero-order chi connectivity index (χ0) is 32.0. The lowest BCUT2D eigenvalue weighted by atomic mass is 10.1. The maximum atomic E-state index is 12.4. The number of imidazole rings is 1. The molecule has 10 N–H and O–H groups in total. The predicted octanol–water partition coefficient (Wildman–Crippen LogP) is -2.69. The Bertz CT molecular complexity index is 1560. The number of primary amides is 1. The van der Waals surface area contributed by atoms with E-state index in [2.05, 4.69) is 19.3 Å². The van der Waals surface area contributed by atoms with Crippen LogP contribution in [-0.2, 0) is 36.8 Å². The van der Waals surface area contributed by atoms with Crippen LogP contribution in [0.25, 0.3) is 11.2 Å². The number of aliphatic hydroxyl groups is 4. The van der Waals surface area contributed by atoms with Gasteiger partial charge in [0.2, 0.25) is 5.91 Å². The number of ether oxygens (including phenoxy) is 2. The molecule has 44 heavy (non-hydrogen) atoms. The van der Waals surface area contributed by atoms with Gasteiger partial charge in [-0.3, -0.25) is 18.4 Å². The van der Waals surface area contributed by atoms with Crippen LogP contribution in [0.2, 0.25) is 0 Å². The van der Waals surface area contributed by atoms with E-state index in [0.29, 0.717) is 0 Å². The monoisotopic (exact) mass is 665 g/mol. The molecule has 10 atom stereocenters. The highest BCUT2D eigenvalue weighted by Gasteiger charge is 2.48. The van der Waals surface area contributed by atoms with Crippen molar-refractivity contribution in [2.75, 3.05) is 18.9 Å². The number of hydrogen-bond acceptors (Lipinski definition) is 17. The van der Waals surface area contributed by atoms with E-state index < -0.39 is 83.8 Å². The number of nitrogens with two attached hydrogens (primary N) is 2. The van der Waals surface area contributed by atoms with Crippen molar-refractivity contribution in [3.8, 4) is 0 Å². The Morgan fingerprint density at radius 2 is 1.55 bits per heavy atom. The average Bonchev–Trinajstić information content (AvgIpc) is 3.61. The van der Waals surface area contributed by atoms with E-state index in [0.717, 1.165) is 6.33 Å². The summed E-state index contributed by atoms with van der Waals surface area (Å²) in [5.41, 5.74) is 11.6. The van der Waals surface area contributed by atoms with Crippen LogP contribution in [0.4, 0.5) is 5.82 Å². The molecular weight excluding hydrogens is 636 g/mol. The van der Waals surface area contributed by atoms with E-state index in [1.807, 2.05) is 0 Å². The molecule has 0 bridgehead atoms. The molecule has 0 aliphatic carbocycles. The largest absolute Gasteiger partial charge is 0.481 e. The Labute approximate surface area is 247 Å². The molecule has 2 fully saturated rings. The van der Waals surface area contributed by atoms with Crippen LogP contribution in [-0.4, -0.2) is 117 Å². The molecule has 23 heteroatoms. The molecule has 0 radical (unpaired) electrons. The van der Waals surface area contributed by atoms with Crippen molar-refractivity contribution >= 4 is 38.5 Å². The summed E-state index contributed by atoms with van der Waals surface area (Å²) in [5.74, 6) is -0.658. The highest BCUT2D eigenvalue weighted by molar-refractivity contribution is 7.61. The fourth-order valence-corrected chi connectivity index (χ4v) is 6.77. The third-order valence-electron chi connectivity index (χ3n) is 6.88. The lowest BCUT2D eigenvalue weighted by Gasteiger charge is -2.28. The maximum absolute atomic E-state index is 12.4. The Morgan fingerprint density at radius 3 is 2.16 bits per heavy atom. The van der Waals surface area contributed by atoms with Gasteiger partial charge in [0.15, 0.2) is 23.9 Å². The lowest BCUT2D eigenvalue weighted by Crippen LogP contribution is -2.40. The molecule has 242 valence electrons. The number of fused-ring (bicyclic) bond motifs is 1. The van der Waals surface area contributed by atoms with Gasteiger partial charge in [0.05, 0.1) is 19.5 Å². The van der Waals surface area contributed by atoms with E-state index in [1.165, 1.54) is 28.2 Å². The topological polar surface area (TPSA) is 318 Å². The Morgan fingerprint density at radius 1 is 0.955 bits per heavy atom. The molecular formula is C21H29N7O14P2. The Hall–Kier alpha value is -2.88. The normalized spacial score (nSPS) is 33.3. The quantitative estimate of drug-likeness (QED) is 0.113. The van der Waals surface area contributed by atoms with Crippen molar-refractivity contribution in [2.24, 2.45) is 5.73 Å². The van der Waals surface area contributed by atoms with Crippen molar-refractivity contribution in [1.29, 1.82) is 0 Å². The first-order valence-corrected chi connectivity index (χ1v) is 15.7. The molecule has 2 aromatic rings. The van der Waals surface area contributed by atoms with Crippen LogP contribution in [0.1, 0.15) is 12.6 Å². The summed E-state index contributed by atoms with van der Waals surface area (Å²) in [4.78, 5) is 44.6. The molecule has 5 rings (SSSR count). The summed E-state index contributed by atoms with van der Waals surface area (Å²) >= 11 is 0. The summed E-state index contributed by atoms with van der Waals surface area (Å²) in [5, 5.41) is 41.6. The minimum absolute atomic E-state index is 0.0517. The number of anilines is 1. The van der Waals surface area contributed by atoms with Gasteiger partial charge >= 0.3 is 15.6 Å². The van der Waals surface area contributed by atoms with E-state index in [1.54, 1.807) is 6.08 Å². The van der Waals surface area contributed by atoms with Crippen molar-refractivity contribution in [3.05, 3.63) is 36.7 Å². The van der Waals surface area contributed by atoms with Crippen LogP contribution < -0.4 is 11.5 Å². The van der Waals surface area contributed by atoms with Gasteiger partial charge in [-0.2, -0.15) is 4.31 Å². The molecule has 2 unspecified atom stereocenters. The number of aliphatic hydroxyl groups excluding tert-OH is 4. The number of carbonyl (C=O) groups is 1. The molecule has 5 heterocycles. The number of nitrogen functional groups attached to an aromatic ring is 1. The Balaban J connectivity index is 1.15. The lowest BCUT2D eigenvalue weighted by molar-refractivity contribution is -0.115. The molecule has 3 aliphatic rings. The predicted molar refractivity (Wildman–Crippen MR) is 142 cm³/mol. The van der Waals surface area contributed by atoms with Crippen molar-refractivity contribution in [1.82, 2.24) is 24.4 Å². The van der Waals surface area contributed by atoms with E-state index in [-0.39, 0.29) is 29.0 Å². The number of amides is 1. The number of nitrogens with zero attached hydrogens (tertiary/aromatic N) is 5. The highest BCUT2D eigenvalue weighted by atomic mass is 31.3. The number of rotatable bonds is 11. The average molecular weight is 665 g/mol. The third-order valence-corrected chi connectivity index (χ3v) is 9.48. The fraction of sp³-hybridized carbons (Fsp3) is 0.524. The SMILES string of the molecule is NC(=O)C1=CN([C@@H]2O[C@H](COP(=O)(O)OP(=O)(O)OC[C@@H]3O[C@H](n4cnc5c(N)ncnc54)[C@H](O)[C@@H]3O)[C@@H](O)[C@H]2O)C=CC1. The fourth-order valence-electron chi connectivity index (χ4n) is 4.68.